The lowest BCUT2D eigenvalue weighted by molar-refractivity contribution is -0.142. The number of hydrogen-bond acceptors (Lipinski definition) is 5. The molecule has 0 spiro atoms. The van der Waals surface area contributed by atoms with E-state index in [9.17, 15) is 9.59 Å². The molecule has 0 radical (unpaired) electrons. The predicted octanol–water partition coefficient (Wildman–Crippen LogP) is 4.45. The van der Waals surface area contributed by atoms with Crippen LogP contribution < -0.4 is 14.8 Å². The SMILES string of the molecule is COc1ccc(CCNC(=O)C[C@H]2C(=O)N(Cc3ccccc3)[C@@H](C)c3nc4ccccc4n32)cc1OC. The normalized spacial score (nSPS) is 16.8. The second kappa shape index (κ2) is 11.0. The zero-order chi connectivity index (χ0) is 26.6. The summed E-state index contributed by atoms with van der Waals surface area (Å²) in [5, 5.41) is 3.00. The van der Waals surface area contributed by atoms with E-state index in [2.05, 4.69) is 5.32 Å². The largest absolute Gasteiger partial charge is 0.493 e. The molecular formula is C30H32N4O4. The lowest BCUT2D eigenvalue weighted by atomic mass is 10.0. The smallest absolute Gasteiger partial charge is 0.247 e. The number of imidazole rings is 1. The molecule has 4 aromatic rings. The number of carbonyl (C=O) groups is 2. The number of aromatic nitrogens is 2. The number of rotatable bonds is 9. The van der Waals surface area contributed by atoms with Gasteiger partial charge in [0, 0.05) is 13.1 Å². The molecular weight excluding hydrogens is 480 g/mol. The molecule has 0 aliphatic carbocycles. The van der Waals surface area contributed by atoms with Gasteiger partial charge in [-0.15, -0.1) is 0 Å². The third-order valence-electron chi connectivity index (χ3n) is 7.10. The average molecular weight is 513 g/mol. The molecule has 2 amide bonds. The van der Waals surface area contributed by atoms with Crippen molar-refractivity contribution in [3.63, 3.8) is 0 Å². The average Bonchev–Trinajstić information content (AvgIpc) is 3.33. The molecule has 0 saturated heterocycles. The standard InChI is InChI=1S/C30H32N4O4/c1-20-29-32-23-11-7-8-12-24(23)34(29)25(30(36)33(20)19-22-9-5-4-6-10-22)18-28(35)31-16-15-21-13-14-26(37-2)27(17-21)38-3/h4-14,17,20,25H,15-16,18-19H2,1-3H3,(H,31,35)/t20-,25-/m0/s1. The minimum atomic E-state index is -0.668. The molecule has 196 valence electrons. The van der Waals surface area contributed by atoms with Crippen LogP contribution in [0.15, 0.2) is 72.8 Å². The van der Waals surface area contributed by atoms with Gasteiger partial charge in [0.25, 0.3) is 0 Å². The summed E-state index contributed by atoms with van der Waals surface area (Å²) in [7, 11) is 3.20. The quantitative estimate of drug-likeness (QED) is 0.358. The number of para-hydroxylation sites is 2. The highest BCUT2D eigenvalue weighted by atomic mass is 16.5. The zero-order valence-corrected chi connectivity index (χ0v) is 21.9. The maximum atomic E-state index is 13.9. The number of nitrogens with one attached hydrogen (secondary N) is 1. The van der Waals surface area contributed by atoms with Gasteiger partial charge in [0.2, 0.25) is 11.8 Å². The van der Waals surface area contributed by atoms with E-state index in [-0.39, 0.29) is 24.3 Å². The maximum Gasteiger partial charge on any atom is 0.247 e. The number of methoxy groups -OCH3 is 2. The van der Waals surface area contributed by atoms with E-state index < -0.39 is 6.04 Å². The van der Waals surface area contributed by atoms with Gasteiger partial charge >= 0.3 is 0 Å². The van der Waals surface area contributed by atoms with Gasteiger partial charge in [0.15, 0.2) is 11.5 Å². The van der Waals surface area contributed by atoms with Crippen LogP contribution in [0.3, 0.4) is 0 Å². The van der Waals surface area contributed by atoms with Crippen molar-refractivity contribution in [3.8, 4) is 11.5 Å². The molecule has 5 rings (SSSR count). The molecule has 8 heteroatoms. The fourth-order valence-electron chi connectivity index (χ4n) is 5.12. The third kappa shape index (κ3) is 4.94. The molecule has 0 fully saturated rings. The van der Waals surface area contributed by atoms with Gasteiger partial charge in [-0.3, -0.25) is 9.59 Å². The van der Waals surface area contributed by atoms with Crippen molar-refractivity contribution in [2.45, 2.75) is 38.4 Å². The lowest BCUT2D eigenvalue weighted by Crippen LogP contribution is -2.46. The highest BCUT2D eigenvalue weighted by Gasteiger charge is 2.40. The van der Waals surface area contributed by atoms with Crippen molar-refractivity contribution >= 4 is 22.8 Å². The van der Waals surface area contributed by atoms with Crippen molar-refractivity contribution in [2.24, 2.45) is 0 Å². The summed E-state index contributed by atoms with van der Waals surface area (Å²) in [5.74, 6) is 1.85. The van der Waals surface area contributed by atoms with Crippen LogP contribution in [0.2, 0.25) is 0 Å². The van der Waals surface area contributed by atoms with Gasteiger partial charge in [0.1, 0.15) is 11.9 Å². The Kier molecular flexibility index (Phi) is 7.31. The monoisotopic (exact) mass is 512 g/mol. The molecule has 1 aliphatic rings. The molecule has 0 bridgehead atoms. The van der Waals surface area contributed by atoms with E-state index in [1.807, 2.05) is 89.2 Å². The molecule has 3 aromatic carbocycles. The van der Waals surface area contributed by atoms with E-state index >= 15 is 0 Å². The van der Waals surface area contributed by atoms with Gasteiger partial charge in [-0.1, -0.05) is 48.5 Å². The zero-order valence-electron chi connectivity index (χ0n) is 21.9. The first kappa shape index (κ1) is 25.3. The summed E-state index contributed by atoms with van der Waals surface area (Å²) in [4.78, 5) is 33.7. The van der Waals surface area contributed by atoms with Gasteiger partial charge in [-0.05, 0) is 48.7 Å². The van der Waals surface area contributed by atoms with Gasteiger partial charge in [-0.2, -0.15) is 0 Å². The van der Waals surface area contributed by atoms with Crippen molar-refractivity contribution < 1.29 is 19.1 Å². The molecule has 2 atom stereocenters. The number of fused-ring (bicyclic) bond motifs is 3. The summed E-state index contributed by atoms with van der Waals surface area (Å²) >= 11 is 0. The Hall–Kier alpha value is -4.33. The second-order valence-corrected chi connectivity index (χ2v) is 9.47. The molecule has 0 saturated carbocycles. The van der Waals surface area contributed by atoms with Crippen molar-refractivity contribution in [1.29, 1.82) is 0 Å². The van der Waals surface area contributed by atoms with E-state index in [4.69, 9.17) is 14.5 Å². The number of nitrogens with zero attached hydrogens (tertiary/aromatic N) is 3. The fourth-order valence-corrected chi connectivity index (χ4v) is 5.12. The Bertz CT molecular complexity index is 1450. The van der Waals surface area contributed by atoms with Crippen LogP contribution in [0.25, 0.3) is 11.0 Å². The summed E-state index contributed by atoms with van der Waals surface area (Å²) in [6, 6.07) is 22.5. The Morgan fingerprint density at radius 3 is 2.45 bits per heavy atom. The molecule has 8 nitrogen and oxygen atoms in total. The number of benzene rings is 3. The maximum absolute atomic E-state index is 13.9. The van der Waals surface area contributed by atoms with Crippen LogP contribution in [0.5, 0.6) is 11.5 Å². The molecule has 2 heterocycles. The topological polar surface area (TPSA) is 85.7 Å². The molecule has 38 heavy (non-hydrogen) atoms. The van der Waals surface area contributed by atoms with Gasteiger partial charge < -0.3 is 24.3 Å². The first-order valence-electron chi connectivity index (χ1n) is 12.8. The van der Waals surface area contributed by atoms with Crippen LogP contribution in [0.1, 0.15) is 42.4 Å². The molecule has 1 N–H and O–H groups in total. The van der Waals surface area contributed by atoms with Crippen molar-refractivity contribution in [2.75, 3.05) is 20.8 Å². The first-order chi connectivity index (χ1) is 18.5. The summed E-state index contributed by atoms with van der Waals surface area (Å²) in [6.07, 6.45) is 0.664. The van der Waals surface area contributed by atoms with Crippen LogP contribution >= 0.6 is 0 Å². The van der Waals surface area contributed by atoms with Crippen molar-refractivity contribution in [3.05, 3.63) is 89.7 Å². The highest BCUT2D eigenvalue weighted by molar-refractivity contribution is 5.90. The summed E-state index contributed by atoms with van der Waals surface area (Å²) in [6.45, 7) is 2.90. The molecule has 1 aromatic heterocycles. The minimum absolute atomic E-state index is 0.0378. The third-order valence-corrected chi connectivity index (χ3v) is 7.10. The number of carbonyl (C=O) groups excluding carboxylic acids is 2. The number of amides is 2. The van der Waals surface area contributed by atoms with Crippen molar-refractivity contribution in [1.82, 2.24) is 19.8 Å². The van der Waals surface area contributed by atoms with Gasteiger partial charge in [0.05, 0.1) is 37.7 Å². The number of hydrogen-bond donors (Lipinski definition) is 1. The molecule has 1 aliphatic heterocycles. The molecule has 0 unspecified atom stereocenters. The first-order valence-corrected chi connectivity index (χ1v) is 12.8. The number of ether oxygens (including phenoxy) is 2. The summed E-state index contributed by atoms with van der Waals surface area (Å²) < 4.78 is 12.6. The van der Waals surface area contributed by atoms with Crippen LogP contribution in [0, 0.1) is 0 Å². The van der Waals surface area contributed by atoms with Gasteiger partial charge in [-0.25, -0.2) is 4.98 Å². The Labute approximate surface area is 222 Å². The minimum Gasteiger partial charge on any atom is -0.493 e. The summed E-state index contributed by atoms with van der Waals surface area (Å²) in [5.41, 5.74) is 3.74. The Morgan fingerprint density at radius 2 is 1.68 bits per heavy atom. The van der Waals surface area contributed by atoms with E-state index in [1.165, 1.54) is 0 Å². The van der Waals surface area contributed by atoms with Crippen LogP contribution in [-0.2, 0) is 22.6 Å². The Morgan fingerprint density at radius 1 is 0.947 bits per heavy atom. The van der Waals surface area contributed by atoms with E-state index in [0.717, 1.165) is 28.0 Å². The van der Waals surface area contributed by atoms with E-state index in [1.54, 1.807) is 14.2 Å². The Balaban J connectivity index is 1.35. The van der Waals surface area contributed by atoms with Crippen LogP contribution in [0.4, 0.5) is 0 Å². The van der Waals surface area contributed by atoms with Crippen LogP contribution in [-0.4, -0.2) is 47.0 Å². The lowest BCUT2D eigenvalue weighted by Gasteiger charge is -2.38. The second-order valence-electron chi connectivity index (χ2n) is 9.47. The van der Waals surface area contributed by atoms with E-state index in [0.29, 0.717) is 31.0 Å². The fraction of sp³-hybridized carbons (Fsp3) is 0.300. The highest BCUT2D eigenvalue weighted by Crippen LogP contribution is 2.37. The predicted molar refractivity (Wildman–Crippen MR) is 145 cm³/mol.